The molecular weight excluding hydrogens is 444 g/mol. The number of rotatable bonds is 12. The highest BCUT2D eigenvalue weighted by atomic mass is 16.5. The zero-order valence-corrected chi connectivity index (χ0v) is 20.8. The first-order valence-electron chi connectivity index (χ1n) is 12.4. The number of carboxylic acids is 1. The van der Waals surface area contributed by atoms with Crippen molar-refractivity contribution in [3.05, 3.63) is 59.7 Å². The molecule has 0 heterocycles. The molecule has 0 saturated heterocycles. The third-order valence-corrected chi connectivity index (χ3v) is 6.48. The van der Waals surface area contributed by atoms with Gasteiger partial charge in [0.15, 0.2) is 0 Å². The molecule has 7 heteroatoms. The molecule has 1 unspecified atom stereocenters. The molecular formula is C28H36N2O5. The maximum absolute atomic E-state index is 13.2. The van der Waals surface area contributed by atoms with E-state index in [0.29, 0.717) is 31.8 Å². The Labute approximate surface area is 207 Å². The van der Waals surface area contributed by atoms with E-state index in [0.717, 1.165) is 28.7 Å². The van der Waals surface area contributed by atoms with Crippen molar-refractivity contribution in [2.75, 3.05) is 19.7 Å². The predicted molar refractivity (Wildman–Crippen MR) is 135 cm³/mol. The molecule has 0 bridgehead atoms. The number of nitrogens with one attached hydrogen (secondary N) is 1. The molecule has 7 nitrogen and oxygen atoms in total. The van der Waals surface area contributed by atoms with Crippen LogP contribution in [0.15, 0.2) is 48.5 Å². The Bertz CT molecular complexity index is 990. The van der Waals surface area contributed by atoms with Crippen LogP contribution < -0.4 is 5.32 Å². The second-order valence-corrected chi connectivity index (χ2v) is 9.41. The maximum atomic E-state index is 13.2. The summed E-state index contributed by atoms with van der Waals surface area (Å²) in [6.45, 7) is 6.96. The minimum absolute atomic E-state index is 0.000246. The van der Waals surface area contributed by atoms with Crippen molar-refractivity contribution in [3.63, 3.8) is 0 Å². The van der Waals surface area contributed by atoms with Gasteiger partial charge in [0.1, 0.15) is 12.6 Å². The van der Waals surface area contributed by atoms with E-state index >= 15 is 0 Å². The van der Waals surface area contributed by atoms with Gasteiger partial charge in [-0.15, -0.1) is 0 Å². The number of carboxylic acid groups (broad SMARTS) is 1. The zero-order valence-electron chi connectivity index (χ0n) is 20.8. The third kappa shape index (κ3) is 6.84. The molecule has 3 rings (SSSR count). The average Bonchev–Trinajstić information content (AvgIpc) is 3.16. The smallest absolute Gasteiger partial charge is 0.407 e. The standard InChI is InChI=1S/C28H36N2O5/c1-4-30(17-9-14-26(31)32)27(33)25(16-15-19(2)3)29-28(34)35-18-24-22-12-7-5-10-20(22)21-11-6-8-13-23(21)24/h5-8,10-13,19,24-25H,4,9,14-18H2,1-3H3,(H,29,34)(H,31,32). The Hall–Kier alpha value is -3.35. The molecule has 1 aliphatic carbocycles. The second-order valence-electron chi connectivity index (χ2n) is 9.41. The number of fused-ring (bicyclic) bond motifs is 3. The van der Waals surface area contributed by atoms with Crippen molar-refractivity contribution in [3.8, 4) is 11.1 Å². The molecule has 2 aromatic carbocycles. The van der Waals surface area contributed by atoms with E-state index in [1.54, 1.807) is 4.90 Å². The predicted octanol–water partition coefficient (Wildman–Crippen LogP) is 5.04. The van der Waals surface area contributed by atoms with Crippen LogP contribution in [-0.4, -0.2) is 53.7 Å². The number of nitrogens with zero attached hydrogens (tertiary/aromatic N) is 1. The number of alkyl carbamates (subject to hydrolysis) is 1. The molecule has 1 atom stereocenters. The van der Waals surface area contributed by atoms with Gasteiger partial charge in [-0.25, -0.2) is 4.79 Å². The SMILES string of the molecule is CCN(CCCC(=O)O)C(=O)C(CCC(C)C)NC(=O)OCC1c2ccccc2-c2ccccc21. The highest BCUT2D eigenvalue weighted by Crippen LogP contribution is 2.44. The molecule has 0 radical (unpaired) electrons. The molecule has 0 spiro atoms. The lowest BCUT2D eigenvalue weighted by molar-refractivity contribution is -0.138. The monoisotopic (exact) mass is 480 g/mol. The van der Waals surface area contributed by atoms with Crippen LogP contribution in [0.1, 0.15) is 63.5 Å². The molecule has 1 aliphatic rings. The van der Waals surface area contributed by atoms with Gasteiger partial charge < -0.3 is 20.1 Å². The van der Waals surface area contributed by atoms with Crippen molar-refractivity contribution in [2.24, 2.45) is 5.92 Å². The molecule has 35 heavy (non-hydrogen) atoms. The number of carbonyl (C=O) groups excluding carboxylic acids is 2. The van der Waals surface area contributed by atoms with Gasteiger partial charge in [-0.1, -0.05) is 62.4 Å². The Morgan fingerprint density at radius 1 is 1.00 bits per heavy atom. The normalized spacial score (nSPS) is 13.1. The van der Waals surface area contributed by atoms with Gasteiger partial charge in [0.25, 0.3) is 0 Å². The van der Waals surface area contributed by atoms with E-state index in [1.165, 1.54) is 0 Å². The fourth-order valence-electron chi connectivity index (χ4n) is 4.61. The quantitative estimate of drug-likeness (QED) is 0.444. The van der Waals surface area contributed by atoms with Crippen molar-refractivity contribution in [1.82, 2.24) is 10.2 Å². The van der Waals surface area contributed by atoms with Gasteiger partial charge in [0, 0.05) is 25.4 Å². The van der Waals surface area contributed by atoms with Crippen LogP contribution in [0.25, 0.3) is 11.1 Å². The molecule has 188 valence electrons. The summed E-state index contributed by atoms with van der Waals surface area (Å²) in [5.41, 5.74) is 4.57. The van der Waals surface area contributed by atoms with Gasteiger partial charge in [-0.05, 0) is 54.4 Å². The van der Waals surface area contributed by atoms with Gasteiger partial charge >= 0.3 is 12.1 Å². The van der Waals surface area contributed by atoms with Crippen molar-refractivity contribution >= 4 is 18.0 Å². The second kappa shape index (κ2) is 12.4. The van der Waals surface area contributed by atoms with Crippen molar-refractivity contribution < 1.29 is 24.2 Å². The van der Waals surface area contributed by atoms with Gasteiger partial charge in [-0.3, -0.25) is 9.59 Å². The molecule has 0 saturated carbocycles. The number of hydrogen-bond donors (Lipinski definition) is 2. The molecule has 2 amide bonds. The van der Waals surface area contributed by atoms with E-state index in [1.807, 2.05) is 31.2 Å². The largest absolute Gasteiger partial charge is 0.481 e. The van der Waals surface area contributed by atoms with Gasteiger partial charge in [0.2, 0.25) is 5.91 Å². The van der Waals surface area contributed by atoms with Gasteiger partial charge in [-0.2, -0.15) is 0 Å². The summed E-state index contributed by atoms with van der Waals surface area (Å²) in [6.07, 6.45) is 1.02. The molecule has 0 aromatic heterocycles. The van der Waals surface area contributed by atoms with E-state index in [-0.39, 0.29) is 24.9 Å². The van der Waals surface area contributed by atoms with Crippen LogP contribution in [0.2, 0.25) is 0 Å². The summed E-state index contributed by atoms with van der Waals surface area (Å²) in [4.78, 5) is 38.5. The first-order valence-corrected chi connectivity index (χ1v) is 12.4. The number of carbonyl (C=O) groups is 3. The van der Waals surface area contributed by atoms with E-state index in [9.17, 15) is 14.4 Å². The van der Waals surface area contributed by atoms with Crippen molar-refractivity contribution in [2.45, 2.75) is 58.4 Å². The van der Waals surface area contributed by atoms with Crippen molar-refractivity contribution in [1.29, 1.82) is 0 Å². The summed E-state index contributed by atoms with van der Waals surface area (Å²) in [5.74, 6) is -0.772. The number of amides is 2. The summed E-state index contributed by atoms with van der Waals surface area (Å²) >= 11 is 0. The summed E-state index contributed by atoms with van der Waals surface area (Å²) < 4.78 is 5.65. The number of likely N-dealkylation sites (N-methyl/N-ethyl adjacent to an activating group) is 1. The highest BCUT2D eigenvalue weighted by Gasteiger charge is 2.30. The van der Waals surface area contributed by atoms with E-state index < -0.39 is 18.1 Å². The van der Waals surface area contributed by atoms with Crippen LogP contribution in [0.4, 0.5) is 4.79 Å². The topological polar surface area (TPSA) is 95.9 Å². The third-order valence-electron chi connectivity index (χ3n) is 6.48. The Kier molecular flexibility index (Phi) is 9.29. The summed E-state index contributed by atoms with van der Waals surface area (Å²) in [7, 11) is 0. The fraction of sp³-hybridized carbons (Fsp3) is 0.464. The number of aliphatic carboxylic acids is 1. The van der Waals surface area contributed by atoms with Crippen LogP contribution in [0.3, 0.4) is 0 Å². The summed E-state index contributed by atoms with van der Waals surface area (Å²) in [5, 5.41) is 11.7. The van der Waals surface area contributed by atoms with Crippen LogP contribution >= 0.6 is 0 Å². The first-order chi connectivity index (χ1) is 16.8. The Morgan fingerprint density at radius 3 is 2.14 bits per heavy atom. The van der Waals surface area contributed by atoms with Crippen LogP contribution in [0.5, 0.6) is 0 Å². The van der Waals surface area contributed by atoms with Crippen LogP contribution in [0, 0.1) is 5.92 Å². The summed E-state index contributed by atoms with van der Waals surface area (Å²) in [6, 6.07) is 15.6. The average molecular weight is 481 g/mol. The number of benzene rings is 2. The molecule has 0 aliphatic heterocycles. The molecule has 0 fully saturated rings. The van der Waals surface area contributed by atoms with Crippen LogP contribution in [-0.2, 0) is 14.3 Å². The number of hydrogen-bond acceptors (Lipinski definition) is 4. The minimum atomic E-state index is -0.887. The highest BCUT2D eigenvalue weighted by molar-refractivity contribution is 5.86. The Balaban J connectivity index is 1.65. The number of ether oxygens (including phenoxy) is 1. The van der Waals surface area contributed by atoms with E-state index in [2.05, 4.69) is 43.4 Å². The lowest BCUT2D eigenvalue weighted by Gasteiger charge is -2.27. The molecule has 2 N–H and O–H groups in total. The minimum Gasteiger partial charge on any atom is -0.481 e. The Morgan fingerprint density at radius 2 is 1.60 bits per heavy atom. The van der Waals surface area contributed by atoms with E-state index in [4.69, 9.17) is 9.84 Å². The lowest BCUT2D eigenvalue weighted by atomic mass is 9.98. The fourth-order valence-corrected chi connectivity index (χ4v) is 4.61. The van der Waals surface area contributed by atoms with Gasteiger partial charge in [0.05, 0.1) is 0 Å². The zero-order chi connectivity index (χ0) is 25.4. The lowest BCUT2D eigenvalue weighted by Crippen LogP contribution is -2.49. The molecule has 2 aromatic rings. The first kappa shape index (κ1) is 26.3. The maximum Gasteiger partial charge on any atom is 0.407 e.